The van der Waals surface area contributed by atoms with Gasteiger partial charge in [0.05, 0.1) is 4.90 Å². The molecule has 0 spiro atoms. The lowest BCUT2D eigenvalue weighted by Gasteiger charge is -2.03. The SMILES string of the molecule is Oc1ccccc1Sc1ccc(F)cc1. The van der Waals surface area contributed by atoms with Crippen molar-refractivity contribution in [2.45, 2.75) is 9.79 Å². The summed E-state index contributed by atoms with van der Waals surface area (Å²) in [5.41, 5.74) is 0. The van der Waals surface area contributed by atoms with Crippen molar-refractivity contribution < 1.29 is 9.50 Å². The van der Waals surface area contributed by atoms with Gasteiger partial charge >= 0.3 is 0 Å². The van der Waals surface area contributed by atoms with Crippen LogP contribution >= 0.6 is 11.8 Å². The Balaban J connectivity index is 2.22. The molecule has 0 saturated heterocycles. The van der Waals surface area contributed by atoms with Gasteiger partial charge in [0.1, 0.15) is 11.6 Å². The predicted octanol–water partition coefficient (Wildman–Crippen LogP) is 3.68. The Labute approximate surface area is 91.6 Å². The Morgan fingerprint density at radius 3 is 2.27 bits per heavy atom. The average Bonchev–Trinajstić information content (AvgIpc) is 2.25. The molecule has 0 radical (unpaired) electrons. The molecule has 0 fully saturated rings. The standard InChI is InChI=1S/C12H9FOS/c13-9-5-7-10(8-6-9)15-12-4-2-1-3-11(12)14/h1-8,14H. The topological polar surface area (TPSA) is 20.2 Å². The van der Waals surface area contributed by atoms with Gasteiger partial charge in [-0.2, -0.15) is 0 Å². The molecule has 0 aliphatic carbocycles. The van der Waals surface area contributed by atoms with Gasteiger partial charge in [0.15, 0.2) is 0 Å². The van der Waals surface area contributed by atoms with Crippen LogP contribution in [0.5, 0.6) is 5.75 Å². The molecule has 15 heavy (non-hydrogen) atoms. The normalized spacial score (nSPS) is 10.2. The molecule has 0 bridgehead atoms. The second-order valence-corrected chi connectivity index (χ2v) is 4.14. The smallest absolute Gasteiger partial charge is 0.129 e. The Bertz CT molecular complexity index is 453. The summed E-state index contributed by atoms with van der Waals surface area (Å²) < 4.78 is 12.6. The van der Waals surface area contributed by atoms with Crippen molar-refractivity contribution in [1.82, 2.24) is 0 Å². The number of rotatable bonds is 2. The second kappa shape index (κ2) is 4.36. The number of phenols is 1. The van der Waals surface area contributed by atoms with Crippen molar-refractivity contribution in [2.24, 2.45) is 0 Å². The summed E-state index contributed by atoms with van der Waals surface area (Å²) in [7, 11) is 0. The first-order valence-electron chi connectivity index (χ1n) is 4.47. The number of hydrogen-bond acceptors (Lipinski definition) is 2. The summed E-state index contributed by atoms with van der Waals surface area (Å²) in [6.07, 6.45) is 0. The van der Waals surface area contributed by atoms with Gasteiger partial charge in [0.25, 0.3) is 0 Å². The van der Waals surface area contributed by atoms with E-state index >= 15 is 0 Å². The quantitative estimate of drug-likeness (QED) is 0.833. The van der Waals surface area contributed by atoms with Crippen LogP contribution in [0.25, 0.3) is 0 Å². The lowest BCUT2D eigenvalue weighted by atomic mass is 10.3. The first-order chi connectivity index (χ1) is 7.25. The van der Waals surface area contributed by atoms with Crippen LogP contribution in [0.4, 0.5) is 4.39 Å². The van der Waals surface area contributed by atoms with E-state index in [9.17, 15) is 9.50 Å². The lowest BCUT2D eigenvalue weighted by Crippen LogP contribution is -1.76. The van der Waals surface area contributed by atoms with Crippen molar-refractivity contribution in [1.29, 1.82) is 0 Å². The fraction of sp³-hybridized carbons (Fsp3) is 0. The molecule has 2 aromatic rings. The van der Waals surface area contributed by atoms with Crippen LogP contribution in [0, 0.1) is 5.82 Å². The summed E-state index contributed by atoms with van der Waals surface area (Å²) in [5, 5.41) is 9.53. The van der Waals surface area contributed by atoms with Gasteiger partial charge in [-0.05, 0) is 36.4 Å². The molecule has 0 aromatic heterocycles. The van der Waals surface area contributed by atoms with E-state index < -0.39 is 0 Å². The number of halogens is 1. The third kappa shape index (κ3) is 2.50. The van der Waals surface area contributed by atoms with E-state index in [1.54, 1.807) is 24.3 Å². The van der Waals surface area contributed by atoms with Crippen molar-refractivity contribution in [2.75, 3.05) is 0 Å². The van der Waals surface area contributed by atoms with Crippen LogP contribution in [-0.4, -0.2) is 5.11 Å². The lowest BCUT2D eigenvalue weighted by molar-refractivity contribution is 0.462. The molecule has 2 aromatic carbocycles. The number of benzene rings is 2. The third-order valence-electron chi connectivity index (χ3n) is 1.91. The van der Waals surface area contributed by atoms with Crippen molar-refractivity contribution in [3.63, 3.8) is 0 Å². The Kier molecular flexibility index (Phi) is 2.92. The summed E-state index contributed by atoms with van der Waals surface area (Å²) in [6, 6.07) is 13.3. The molecule has 0 unspecified atom stereocenters. The van der Waals surface area contributed by atoms with Crippen LogP contribution in [0.1, 0.15) is 0 Å². The molecule has 0 aliphatic rings. The first kappa shape index (κ1) is 10.1. The Morgan fingerprint density at radius 2 is 1.60 bits per heavy atom. The van der Waals surface area contributed by atoms with E-state index in [1.165, 1.54) is 23.9 Å². The molecule has 0 heterocycles. The summed E-state index contributed by atoms with van der Waals surface area (Å²) >= 11 is 1.41. The summed E-state index contributed by atoms with van der Waals surface area (Å²) in [5.74, 6) is -0.0107. The maximum Gasteiger partial charge on any atom is 0.129 e. The minimum atomic E-state index is -0.253. The highest BCUT2D eigenvalue weighted by Crippen LogP contribution is 2.33. The molecule has 1 nitrogen and oxygen atoms in total. The average molecular weight is 220 g/mol. The molecule has 0 saturated carbocycles. The molecule has 0 aliphatic heterocycles. The molecule has 76 valence electrons. The van der Waals surface area contributed by atoms with Gasteiger partial charge in [-0.25, -0.2) is 4.39 Å². The zero-order chi connectivity index (χ0) is 10.7. The number of hydrogen-bond donors (Lipinski definition) is 1. The molecular weight excluding hydrogens is 211 g/mol. The van der Waals surface area contributed by atoms with E-state index in [0.29, 0.717) is 0 Å². The number of para-hydroxylation sites is 1. The Morgan fingerprint density at radius 1 is 0.933 bits per heavy atom. The van der Waals surface area contributed by atoms with Gasteiger partial charge in [-0.15, -0.1) is 0 Å². The van der Waals surface area contributed by atoms with Crippen LogP contribution in [0.2, 0.25) is 0 Å². The maximum atomic E-state index is 12.6. The highest BCUT2D eigenvalue weighted by Gasteiger charge is 2.01. The molecule has 1 N–H and O–H groups in total. The number of phenolic OH excluding ortho intramolecular Hbond substituents is 1. The van der Waals surface area contributed by atoms with Crippen molar-refractivity contribution in [3.8, 4) is 5.75 Å². The number of aromatic hydroxyl groups is 1. The zero-order valence-electron chi connectivity index (χ0n) is 7.85. The second-order valence-electron chi connectivity index (χ2n) is 3.02. The minimum Gasteiger partial charge on any atom is -0.507 e. The van der Waals surface area contributed by atoms with E-state index in [0.717, 1.165) is 9.79 Å². The third-order valence-corrected chi connectivity index (χ3v) is 2.98. The van der Waals surface area contributed by atoms with Crippen LogP contribution in [0.3, 0.4) is 0 Å². The highest BCUT2D eigenvalue weighted by atomic mass is 32.2. The zero-order valence-corrected chi connectivity index (χ0v) is 8.67. The Hall–Kier alpha value is -1.48. The van der Waals surface area contributed by atoms with Gasteiger partial charge in [-0.1, -0.05) is 23.9 Å². The van der Waals surface area contributed by atoms with Crippen molar-refractivity contribution >= 4 is 11.8 Å². The highest BCUT2D eigenvalue weighted by molar-refractivity contribution is 7.99. The van der Waals surface area contributed by atoms with Gasteiger partial charge in [0.2, 0.25) is 0 Å². The molecule has 0 atom stereocenters. The minimum absolute atomic E-state index is 0.242. The van der Waals surface area contributed by atoms with E-state index in [4.69, 9.17) is 0 Å². The summed E-state index contributed by atoms with van der Waals surface area (Å²) in [4.78, 5) is 1.67. The van der Waals surface area contributed by atoms with Gasteiger partial charge in [-0.3, -0.25) is 0 Å². The monoisotopic (exact) mass is 220 g/mol. The first-order valence-corrected chi connectivity index (χ1v) is 5.29. The fourth-order valence-electron chi connectivity index (χ4n) is 1.17. The van der Waals surface area contributed by atoms with Crippen molar-refractivity contribution in [3.05, 3.63) is 54.3 Å². The molecular formula is C12H9FOS. The van der Waals surface area contributed by atoms with E-state index in [2.05, 4.69) is 0 Å². The van der Waals surface area contributed by atoms with E-state index in [1.807, 2.05) is 12.1 Å². The summed E-state index contributed by atoms with van der Waals surface area (Å²) in [6.45, 7) is 0. The van der Waals surface area contributed by atoms with Gasteiger partial charge < -0.3 is 5.11 Å². The predicted molar refractivity (Wildman–Crippen MR) is 58.6 cm³/mol. The van der Waals surface area contributed by atoms with E-state index in [-0.39, 0.29) is 11.6 Å². The molecule has 3 heteroatoms. The van der Waals surface area contributed by atoms with Crippen LogP contribution < -0.4 is 0 Å². The van der Waals surface area contributed by atoms with Crippen LogP contribution in [0.15, 0.2) is 58.3 Å². The fourth-order valence-corrected chi connectivity index (χ4v) is 2.02. The van der Waals surface area contributed by atoms with Gasteiger partial charge in [0, 0.05) is 4.90 Å². The van der Waals surface area contributed by atoms with Crippen LogP contribution in [-0.2, 0) is 0 Å². The largest absolute Gasteiger partial charge is 0.507 e. The molecule has 0 amide bonds. The molecule has 2 rings (SSSR count). The maximum absolute atomic E-state index is 12.6.